The fourth-order valence-electron chi connectivity index (χ4n) is 2.09. The number of anilines is 1. The second kappa shape index (κ2) is 5.48. The van der Waals surface area contributed by atoms with Gasteiger partial charge in [-0.15, -0.1) is 0 Å². The molecule has 0 amide bonds. The summed E-state index contributed by atoms with van der Waals surface area (Å²) in [7, 11) is 0. The maximum atomic E-state index is 13.3. The Morgan fingerprint density at radius 2 is 2.10 bits per heavy atom. The van der Waals surface area contributed by atoms with Crippen LogP contribution in [0, 0.1) is 5.82 Å². The molecule has 3 rings (SSSR count). The molecule has 2 aromatic rings. The van der Waals surface area contributed by atoms with E-state index in [1.54, 1.807) is 12.1 Å². The van der Waals surface area contributed by atoms with E-state index in [-0.39, 0.29) is 5.82 Å². The Kier molecular flexibility index (Phi) is 3.70. The topological polar surface area (TPSA) is 37.8 Å². The molecule has 1 N–H and O–H groups in total. The normalized spacial score (nSPS) is 14.3. The minimum absolute atomic E-state index is 0.279. The Morgan fingerprint density at radius 3 is 2.75 bits per heavy atom. The number of aromatic nitrogens is 2. The number of hydrogen-bond donors (Lipinski definition) is 1. The van der Waals surface area contributed by atoms with E-state index in [1.165, 1.54) is 18.9 Å². The minimum Gasteiger partial charge on any atom is -0.370 e. The van der Waals surface area contributed by atoms with Crippen molar-refractivity contribution in [3.63, 3.8) is 0 Å². The molecule has 1 aliphatic carbocycles. The lowest BCUT2D eigenvalue weighted by Crippen LogP contribution is -2.03. The highest BCUT2D eigenvalue weighted by Gasteiger charge is 2.26. The van der Waals surface area contributed by atoms with Gasteiger partial charge in [-0.25, -0.2) is 14.4 Å². The van der Waals surface area contributed by atoms with Gasteiger partial charge in [-0.3, -0.25) is 0 Å². The van der Waals surface area contributed by atoms with Crippen LogP contribution in [0.2, 0.25) is 0 Å². The van der Waals surface area contributed by atoms with Crippen molar-refractivity contribution in [2.24, 2.45) is 0 Å². The molecule has 0 unspecified atom stereocenters. The Hall–Kier alpha value is -1.49. The third kappa shape index (κ3) is 2.82. The van der Waals surface area contributed by atoms with Crippen LogP contribution in [-0.4, -0.2) is 16.5 Å². The molecule has 1 saturated carbocycles. The first-order valence-electron chi connectivity index (χ1n) is 6.75. The maximum absolute atomic E-state index is 13.3. The van der Waals surface area contributed by atoms with Gasteiger partial charge in [0.1, 0.15) is 11.6 Å². The molecule has 104 valence electrons. The van der Waals surface area contributed by atoms with Crippen LogP contribution in [0.1, 0.15) is 31.4 Å². The zero-order valence-corrected chi connectivity index (χ0v) is 12.7. The SMILES string of the molecule is CCNc1cc(C2CC2)nc(-c2ccc(F)c(Br)c2)n1. The van der Waals surface area contributed by atoms with Crippen LogP contribution in [0.4, 0.5) is 10.2 Å². The van der Waals surface area contributed by atoms with Crippen LogP contribution in [-0.2, 0) is 0 Å². The lowest BCUT2D eigenvalue weighted by atomic mass is 10.2. The van der Waals surface area contributed by atoms with E-state index in [2.05, 4.69) is 31.2 Å². The first-order valence-corrected chi connectivity index (χ1v) is 7.55. The number of benzene rings is 1. The van der Waals surface area contributed by atoms with E-state index in [9.17, 15) is 4.39 Å². The lowest BCUT2D eigenvalue weighted by molar-refractivity contribution is 0.621. The van der Waals surface area contributed by atoms with Crippen molar-refractivity contribution in [1.82, 2.24) is 9.97 Å². The monoisotopic (exact) mass is 335 g/mol. The molecule has 0 radical (unpaired) electrons. The first kappa shape index (κ1) is 13.5. The number of nitrogens with zero attached hydrogens (tertiary/aromatic N) is 2. The van der Waals surface area contributed by atoms with E-state index in [0.717, 1.165) is 23.6 Å². The second-order valence-electron chi connectivity index (χ2n) is 4.94. The van der Waals surface area contributed by atoms with E-state index in [0.29, 0.717) is 16.2 Å². The number of rotatable bonds is 4. The summed E-state index contributed by atoms with van der Waals surface area (Å²) in [5.41, 5.74) is 1.89. The average Bonchev–Trinajstić information content (AvgIpc) is 3.26. The standard InChI is InChI=1S/C15H15BrFN3/c1-2-18-14-8-13(9-3-4-9)19-15(20-14)10-5-6-12(17)11(16)7-10/h5-9H,2-4H2,1H3,(H,18,19,20). The van der Waals surface area contributed by atoms with Crippen molar-refractivity contribution in [2.45, 2.75) is 25.7 Å². The predicted octanol–water partition coefficient (Wildman–Crippen LogP) is 4.35. The molecule has 1 fully saturated rings. The molecular formula is C15H15BrFN3. The van der Waals surface area contributed by atoms with E-state index in [4.69, 9.17) is 0 Å². The fourth-order valence-corrected chi connectivity index (χ4v) is 2.47. The molecule has 1 aliphatic rings. The molecule has 0 bridgehead atoms. The molecule has 0 atom stereocenters. The van der Waals surface area contributed by atoms with E-state index in [1.807, 2.05) is 13.0 Å². The summed E-state index contributed by atoms with van der Waals surface area (Å²) < 4.78 is 13.8. The van der Waals surface area contributed by atoms with Crippen molar-refractivity contribution >= 4 is 21.7 Å². The largest absolute Gasteiger partial charge is 0.370 e. The van der Waals surface area contributed by atoms with Gasteiger partial charge < -0.3 is 5.32 Å². The highest BCUT2D eigenvalue weighted by molar-refractivity contribution is 9.10. The van der Waals surface area contributed by atoms with Crippen LogP contribution < -0.4 is 5.32 Å². The summed E-state index contributed by atoms with van der Waals surface area (Å²) >= 11 is 3.21. The highest BCUT2D eigenvalue weighted by atomic mass is 79.9. The van der Waals surface area contributed by atoms with Gasteiger partial charge in [0, 0.05) is 29.8 Å². The molecule has 1 aromatic carbocycles. The maximum Gasteiger partial charge on any atom is 0.161 e. The molecule has 1 heterocycles. The van der Waals surface area contributed by atoms with Gasteiger partial charge >= 0.3 is 0 Å². The fraction of sp³-hybridized carbons (Fsp3) is 0.333. The Labute approximate surface area is 125 Å². The smallest absolute Gasteiger partial charge is 0.161 e. The quantitative estimate of drug-likeness (QED) is 0.902. The van der Waals surface area contributed by atoms with Crippen LogP contribution in [0.15, 0.2) is 28.7 Å². The molecule has 5 heteroatoms. The zero-order valence-electron chi connectivity index (χ0n) is 11.2. The predicted molar refractivity (Wildman–Crippen MR) is 81.3 cm³/mol. The van der Waals surface area contributed by atoms with Crippen molar-refractivity contribution < 1.29 is 4.39 Å². The summed E-state index contributed by atoms with van der Waals surface area (Å²) in [6.07, 6.45) is 2.38. The van der Waals surface area contributed by atoms with Crippen molar-refractivity contribution in [2.75, 3.05) is 11.9 Å². The molecule has 3 nitrogen and oxygen atoms in total. The van der Waals surface area contributed by atoms with Crippen LogP contribution in [0.5, 0.6) is 0 Å². The van der Waals surface area contributed by atoms with Gasteiger partial charge in [-0.05, 0) is 53.9 Å². The van der Waals surface area contributed by atoms with E-state index >= 15 is 0 Å². The molecule has 1 aromatic heterocycles. The van der Waals surface area contributed by atoms with Gasteiger partial charge in [0.05, 0.1) is 4.47 Å². The van der Waals surface area contributed by atoms with Crippen LogP contribution in [0.25, 0.3) is 11.4 Å². The Bertz CT molecular complexity index is 641. The molecular weight excluding hydrogens is 321 g/mol. The summed E-state index contributed by atoms with van der Waals surface area (Å²) in [5.74, 6) is 1.75. The van der Waals surface area contributed by atoms with Gasteiger partial charge in [0.2, 0.25) is 0 Å². The first-order chi connectivity index (χ1) is 9.67. The molecule has 0 saturated heterocycles. The number of halogens is 2. The summed E-state index contributed by atoms with van der Waals surface area (Å²) in [4.78, 5) is 9.13. The van der Waals surface area contributed by atoms with E-state index < -0.39 is 0 Å². The van der Waals surface area contributed by atoms with Crippen molar-refractivity contribution in [3.8, 4) is 11.4 Å². The van der Waals surface area contributed by atoms with Crippen molar-refractivity contribution in [3.05, 3.63) is 40.2 Å². The van der Waals surface area contributed by atoms with Crippen LogP contribution in [0.3, 0.4) is 0 Å². The number of nitrogens with one attached hydrogen (secondary N) is 1. The average molecular weight is 336 g/mol. The Balaban J connectivity index is 2.04. The minimum atomic E-state index is -0.279. The second-order valence-corrected chi connectivity index (χ2v) is 5.79. The van der Waals surface area contributed by atoms with Gasteiger partial charge in [0.25, 0.3) is 0 Å². The van der Waals surface area contributed by atoms with Crippen molar-refractivity contribution in [1.29, 1.82) is 0 Å². The molecule has 20 heavy (non-hydrogen) atoms. The summed E-state index contributed by atoms with van der Waals surface area (Å²) in [6.45, 7) is 2.85. The molecule has 0 aliphatic heterocycles. The zero-order chi connectivity index (χ0) is 14.1. The lowest BCUT2D eigenvalue weighted by Gasteiger charge is -2.09. The third-order valence-corrected chi connectivity index (χ3v) is 3.88. The Morgan fingerprint density at radius 1 is 1.30 bits per heavy atom. The number of hydrogen-bond acceptors (Lipinski definition) is 3. The summed E-state index contributed by atoms with van der Waals surface area (Å²) in [6, 6.07) is 6.88. The van der Waals surface area contributed by atoms with Crippen LogP contribution >= 0.6 is 15.9 Å². The summed E-state index contributed by atoms with van der Waals surface area (Å²) in [5, 5.41) is 3.23. The van der Waals surface area contributed by atoms with Gasteiger partial charge in [-0.2, -0.15) is 0 Å². The highest BCUT2D eigenvalue weighted by Crippen LogP contribution is 2.40. The third-order valence-electron chi connectivity index (χ3n) is 3.28. The van der Waals surface area contributed by atoms with Gasteiger partial charge in [-0.1, -0.05) is 0 Å². The molecule has 0 spiro atoms. The van der Waals surface area contributed by atoms with Gasteiger partial charge in [0.15, 0.2) is 5.82 Å².